The molecule has 0 heterocycles. The number of rotatable bonds is 35. The first-order valence-electron chi connectivity index (χ1n) is 30.7. The van der Waals surface area contributed by atoms with Crippen LogP contribution in [-0.2, 0) is 101 Å². The van der Waals surface area contributed by atoms with Gasteiger partial charge in [-0.2, -0.15) is 5.48 Å². The maximum absolute atomic E-state index is 12.1. The van der Waals surface area contributed by atoms with Gasteiger partial charge < -0.3 is 14.3 Å². The largest absolute Gasteiger partial charge is 0.458 e. The number of aryl methyl sites for hydroxylation is 6. The first-order valence-corrected chi connectivity index (χ1v) is 30.7. The number of ketones is 2. The van der Waals surface area contributed by atoms with E-state index in [9.17, 15) is 28.8 Å². The third kappa shape index (κ3) is 31.5. The van der Waals surface area contributed by atoms with Crippen LogP contribution >= 0.6 is 0 Å². The number of hydroxylamine groups is 1. The van der Waals surface area contributed by atoms with Gasteiger partial charge in [0.25, 0.3) is 5.91 Å². The summed E-state index contributed by atoms with van der Waals surface area (Å²) >= 11 is 0. The van der Waals surface area contributed by atoms with Gasteiger partial charge in [-0.1, -0.05) is 211 Å². The second-order valence-electron chi connectivity index (χ2n) is 21.5. The van der Waals surface area contributed by atoms with E-state index in [1.165, 1.54) is 46.2 Å². The fourth-order valence-corrected chi connectivity index (χ4v) is 9.42. The van der Waals surface area contributed by atoms with Gasteiger partial charge in [-0.05, 0) is 153 Å². The maximum atomic E-state index is 12.1. The lowest BCUT2D eigenvalue weighted by Gasteiger charge is -2.14. The van der Waals surface area contributed by atoms with Crippen molar-refractivity contribution >= 4 is 35.4 Å². The van der Waals surface area contributed by atoms with Crippen molar-refractivity contribution in [1.29, 1.82) is 0 Å². The molecule has 0 bridgehead atoms. The molecule has 0 radical (unpaired) electrons. The monoisotopic (exact) mass is 1130 g/mol. The summed E-state index contributed by atoms with van der Waals surface area (Å²) in [4.78, 5) is 75.8. The Balaban J connectivity index is 0.000000268. The van der Waals surface area contributed by atoms with Crippen molar-refractivity contribution in [2.45, 2.75) is 182 Å². The quantitative estimate of drug-likeness (QED) is 0.0178. The number of esters is 2. The number of hydrogen-bond donors (Lipinski definition) is 1. The van der Waals surface area contributed by atoms with Crippen molar-refractivity contribution in [3.8, 4) is 0 Å². The molecule has 1 amide bonds. The molecule has 83 heavy (non-hydrogen) atoms. The zero-order valence-electron chi connectivity index (χ0n) is 50.2. The molecule has 0 saturated heterocycles. The zero-order valence-corrected chi connectivity index (χ0v) is 50.2. The molecule has 0 aromatic heterocycles. The number of Topliss-reactive ketones (excluding diaryl/α,β-unsaturated/α-hetero) is 2. The molecule has 10 nitrogen and oxygen atoms in total. The van der Waals surface area contributed by atoms with E-state index in [0.29, 0.717) is 25.7 Å². The van der Waals surface area contributed by atoms with Crippen LogP contribution in [0.4, 0.5) is 0 Å². The first-order chi connectivity index (χ1) is 40.5. The van der Waals surface area contributed by atoms with Crippen molar-refractivity contribution in [3.05, 3.63) is 214 Å². The second kappa shape index (κ2) is 42.4. The van der Waals surface area contributed by atoms with E-state index in [0.717, 1.165) is 126 Å². The van der Waals surface area contributed by atoms with Crippen LogP contribution in [-0.4, -0.2) is 48.6 Å². The number of amides is 1. The van der Waals surface area contributed by atoms with Crippen LogP contribution < -0.4 is 5.48 Å². The molecule has 1 N–H and O–H groups in total. The Hall–Kier alpha value is -7.46. The molecule has 0 unspecified atom stereocenters. The van der Waals surface area contributed by atoms with Gasteiger partial charge in [0.05, 0.1) is 12.3 Å². The summed E-state index contributed by atoms with van der Waals surface area (Å²) in [7, 11) is 0. The van der Waals surface area contributed by atoms with E-state index in [1.807, 2.05) is 82.3 Å². The molecule has 10 heteroatoms. The predicted molar refractivity (Wildman–Crippen MR) is 334 cm³/mol. The lowest BCUT2D eigenvalue weighted by Crippen LogP contribution is -2.31. The standard InChI is InChI=1S/C26H35NO3.C24H30O3.C23H28O3/c1-3-10-24(11-4-2)26(29)30-27-25(28)20-23-18-16-22(17-19-23)15-9-8-14-21-12-6-5-7-13-21;1-2-3-13-24(26)27-19-23(25)18-22-16-14-21(15-17-22)12-8-7-11-20-9-5-4-6-10-20;1-2-8-23(25)26-18-22(24)17-21-15-13-20(14-16-21)12-7-6-11-19-9-4-3-5-10-19/h5-7,12-13,16-19,24H,3-4,8-11,14-15,20H2,1-2H3,(H,27,28);4-6,9-10,14-17H,2-3,7-8,11-13,18-19H2,1H3;3-5,9-10,13-16H,2,6-8,11-12,17-18H2,1H3. The van der Waals surface area contributed by atoms with Crippen LogP contribution in [0.15, 0.2) is 164 Å². The smallest absolute Gasteiger partial charge is 0.335 e. The number of hydrogen-bond acceptors (Lipinski definition) is 9. The van der Waals surface area contributed by atoms with Crippen molar-refractivity contribution in [2.75, 3.05) is 13.2 Å². The van der Waals surface area contributed by atoms with Crippen LogP contribution in [0, 0.1) is 5.92 Å². The summed E-state index contributed by atoms with van der Waals surface area (Å²) in [5, 5.41) is 0. The zero-order chi connectivity index (χ0) is 59.5. The molecule has 6 rings (SSSR count). The third-order valence-corrected chi connectivity index (χ3v) is 14.2. The SMILES string of the molecule is CCCC(=O)OCC(=O)Cc1ccc(CCCCc2ccccc2)cc1.CCCC(CCC)C(=O)ONC(=O)Cc1ccc(CCCCc2ccccc2)cc1.CCCCC(=O)OCC(=O)Cc1ccc(CCCCc2ccccc2)cc1. The van der Waals surface area contributed by atoms with Crippen LogP contribution in [0.25, 0.3) is 0 Å². The first kappa shape index (κ1) is 68.0. The van der Waals surface area contributed by atoms with E-state index >= 15 is 0 Å². The number of nitrogens with one attached hydrogen (secondary N) is 1. The van der Waals surface area contributed by atoms with Crippen LogP contribution in [0.1, 0.15) is 174 Å². The highest BCUT2D eigenvalue weighted by atomic mass is 16.7. The predicted octanol–water partition coefficient (Wildman–Crippen LogP) is 15.4. The molecule has 0 aliphatic heterocycles. The summed E-state index contributed by atoms with van der Waals surface area (Å²) < 4.78 is 9.97. The number of carbonyl (C=O) groups excluding carboxylic acids is 6. The number of benzene rings is 6. The van der Waals surface area contributed by atoms with Gasteiger partial charge in [0.1, 0.15) is 13.2 Å². The highest BCUT2D eigenvalue weighted by Crippen LogP contribution is 2.17. The molecule has 0 fully saturated rings. The van der Waals surface area contributed by atoms with Crippen molar-refractivity contribution < 1.29 is 43.1 Å². The van der Waals surface area contributed by atoms with Crippen molar-refractivity contribution in [3.63, 3.8) is 0 Å². The molecule has 444 valence electrons. The van der Waals surface area contributed by atoms with Crippen LogP contribution in [0.3, 0.4) is 0 Å². The molecular formula is C73H93NO9. The Morgan fingerprint density at radius 2 is 0.663 bits per heavy atom. The summed E-state index contributed by atoms with van der Waals surface area (Å²) in [6, 6.07) is 56.2. The van der Waals surface area contributed by atoms with Gasteiger partial charge in [0.15, 0.2) is 11.6 Å². The maximum Gasteiger partial charge on any atom is 0.335 e. The van der Waals surface area contributed by atoms with E-state index in [-0.39, 0.29) is 60.9 Å². The topological polar surface area (TPSA) is 142 Å². The minimum atomic E-state index is -0.335. The number of ether oxygens (including phenoxy) is 2. The Morgan fingerprint density at radius 1 is 0.349 bits per heavy atom. The molecule has 0 aliphatic rings. The molecule has 6 aromatic rings. The van der Waals surface area contributed by atoms with E-state index in [1.54, 1.807) is 0 Å². The van der Waals surface area contributed by atoms with E-state index in [2.05, 4.69) is 115 Å². The van der Waals surface area contributed by atoms with Gasteiger partial charge in [0.2, 0.25) is 0 Å². The number of unbranched alkanes of at least 4 members (excludes halogenated alkanes) is 4. The van der Waals surface area contributed by atoms with Crippen LogP contribution in [0.5, 0.6) is 0 Å². The van der Waals surface area contributed by atoms with E-state index in [4.69, 9.17) is 14.3 Å². The second-order valence-corrected chi connectivity index (χ2v) is 21.5. The molecule has 0 spiro atoms. The Morgan fingerprint density at radius 3 is 0.988 bits per heavy atom. The van der Waals surface area contributed by atoms with Gasteiger partial charge >= 0.3 is 17.9 Å². The lowest BCUT2D eigenvalue weighted by atomic mass is 9.99. The normalized spacial score (nSPS) is 10.6. The molecule has 0 atom stereocenters. The van der Waals surface area contributed by atoms with Crippen LogP contribution in [0.2, 0.25) is 0 Å². The average Bonchev–Trinajstić information content (AvgIpc) is 3.51. The fourth-order valence-electron chi connectivity index (χ4n) is 9.42. The molecule has 0 saturated carbocycles. The van der Waals surface area contributed by atoms with Gasteiger partial charge in [-0.25, -0.2) is 4.79 Å². The van der Waals surface area contributed by atoms with Crippen molar-refractivity contribution in [2.24, 2.45) is 5.92 Å². The summed E-state index contributed by atoms with van der Waals surface area (Å²) in [6.07, 6.45) is 20.9. The molecule has 0 aliphatic carbocycles. The van der Waals surface area contributed by atoms with Gasteiger partial charge in [-0.3, -0.25) is 24.0 Å². The van der Waals surface area contributed by atoms with E-state index < -0.39 is 0 Å². The Bertz CT molecular complexity index is 2720. The lowest BCUT2D eigenvalue weighted by molar-refractivity contribution is -0.162. The highest BCUT2D eigenvalue weighted by Gasteiger charge is 2.20. The minimum Gasteiger partial charge on any atom is -0.458 e. The van der Waals surface area contributed by atoms with Crippen molar-refractivity contribution in [1.82, 2.24) is 5.48 Å². The summed E-state index contributed by atoms with van der Waals surface area (Å²) in [5.41, 5.74) is 13.2. The summed E-state index contributed by atoms with van der Waals surface area (Å²) in [5.74, 6) is -1.48. The fraction of sp³-hybridized carbons (Fsp3) is 0.425. The Kier molecular flexibility index (Phi) is 34.7. The Labute approximate surface area is 496 Å². The van der Waals surface area contributed by atoms with Gasteiger partial charge in [0, 0.05) is 25.7 Å². The molecule has 6 aromatic carbocycles. The molecular weight excluding hydrogens is 1030 g/mol. The highest BCUT2D eigenvalue weighted by molar-refractivity contribution is 5.85. The minimum absolute atomic E-state index is 0.0598. The average molecular weight is 1130 g/mol. The summed E-state index contributed by atoms with van der Waals surface area (Å²) in [6.45, 7) is 7.77. The third-order valence-electron chi connectivity index (χ3n) is 14.2. The number of carbonyl (C=O) groups is 6. The van der Waals surface area contributed by atoms with Gasteiger partial charge in [-0.15, -0.1) is 0 Å².